The largest absolute Gasteiger partial charge is 0.334 e. The summed E-state index contributed by atoms with van der Waals surface area (Å²) < 4.78 is 4.13. The summed E-state index contributed by atoms with van der Waals surface area (Å²) in [5.74, 6) is 1.07. The van der Waals surface area contributed by atoms with Crippen molar-refractivity contribution in [3.8, 4) is 0 Å². The minimum atomic E-state index is 0.498. The van der Waals surface area contributed by atoms with Crippen LogP contribution in [-0.2, 0) is 13.1 Å². The molecule has 1 atom stereocenters. The highest BCUT2D eigenvalue weighted by atomic mass is 15.3. The van der Waals surface area contributed by atoms with Gasteiger partial charge in [0.05, 0.1) is 0 Å². The van der Waals surface area contributed by atoms with Crippen molar-refractivity contribution in [3.63, 3.8) is 0 Å². The van der Waals surface area contributed by atoms with E-state index in [4.69, 9.17) is 0 Å². The van der Waals surface area contributed by atoms with Crippen molar-refractivity contribution in [2.24, 2.45) is 0 Å². The van der Waals surface area contributed by atoms with E-state index in [0.717, 1.165) is 31.9 Å². The molecule has 0 saturated heterocycles. The van der Waals surface area contributed by atoms with Crippen LogP contribution in [0.15, 0.2) is 30.9 Å². The van der Waals surface area contributed by atoms with Gasteiger partial charge in [-0.25, -0.2) is 4.98 Å². The van der Waals surface area contributed by atoms with Crippen LogP contribution in [0.4, 0.5) is 0 Å². The second-order valence-electron chi connectivity index (χ2n) is 4.58. The summed E-state index contributed by atoms with van der Waals surface area (Å²) in [7, 11) is 0. The Morgan fingerprint density at radius 2 is 2.17 bits per heavy atom. The quantitative estimate of drug-likeness (QED) is 0.805. The van der Waals surface area contributed by atoms with E-state index in [0.29, 0.717) is 6.04 Å². The van der Waals surface area contributed by atoms with E-state index in [9.17, 15) is 0 Å². The maximum Gasteiger partial charge on any atom is 0.105 e. The molecule has 0 unspecified atom stereocenters. The lowest BCUT2D eigenvalue weighted by atomic mass is 10.2. The summed E-state index contributed by atoms with van der Waals surface area (Å²) >= 11 is 0. The van der Waals surface area contributed by atoms with Gasteiger partial charge < -0.3 is 9.88 Å². The molecule has 0 aliphatic carbocycles. The van der Waals surface area contributed by atoms with E-state index in [-0.39, 0.29) is 0 Å². The van der Waals surface area contributed by atoms with Gasteiger partial charge in [0.25, 0.3) is 0 Å². The maximum atomic E-state index is 4.21. The summed E-state index contributed by atoms with van der Waals surface area (Å²) in [5, 5.41) is 7.72. The summed E-state index contributed by atoms with van der Waals surface area (Å²) in [4.78, 5) is 4.21. The number of hydrogen-bond donors (Lipinski definition) is 1. The average Bonchev–Trinajstić information content (AvgIpc) is 2.99. The molecule has 2 rings (SSSR count). The lowest BCUT2D eigenvalue weighted by Crippen LogP contribution is -2.30. The summed E-state index contributed by atoms with van der Waals surface area (Å²) in [6, 6.07) is 2.46. The van der Waals surface area contributed by atoms with Gasteiger partial charge in [0.2, 0.25) is 0 Å². The molecular formula is C13H21N5. The molecule has 1 N–H and O–H groups in total. The van der Waals surface area contributed by atoms with Crippen molar-refractivity contribution in [2.45, 2.75) is 39.4 Å². The Morgan fingerprint density at radius 3 is 2.83 bits per heavy atom. The molecular weight excluding hydrogens is 226 g/mol. The van der Waals surface area contributed by atoms with Crippen LogP contribution in [0.3, 0.4) is 0 Å². The highest BCUT2D eigenvalue weighted by Crippen LogP contribution is 1.97. The maximum absolute atomic E-state index is 4.21. The normalized spacial score (nSPS) is 12.8. The number of nitrogens with one attached hydrogen (secondary N) is 1. The fraction of sp³-hybridized carbons (Fsp3) is 0.538. The third kappa shape index (κ3) is 3.70. The van der Waals surface area contributed by atoms with Crippen LogP contribution in [0.5, 0.6) is 0 Å². The van der Waals surface area contributed by atoms with Gasteiger partial charge in [0, 0.05) is 50.5 Å². The SMILES string of the molecule is Cc1nccn1CCN[C@@H](C)CCn1cccn1. The fourth-order valence-electron chi connectivity index (χ4n) is 1.93. The van der Waals surface area contributed by atoms with Gasteiger partial charge in [0.15, 0.2) is 0 Å². The molecule has 18 heavy (non-hydrogen) atoms. The van der Waals surface area contributed by atoms with Crippen molar-refractivity contribution in [1.82, 2.24) is 24.6 Å². The first-order valence-electron chi connectivity index (χ1n) is 6.44. The van der Waals surface area contributed by atoms with Crippen LogP contribution in [0.2, 0.25) is 0 Å². The molecule has 0 spiro atoms. The molecule has 0 saturated carbocycles. The predicted octanol–water partition coefficient (Wildman–Crippen LogP) is 1.46. The standard InChI is InChI=1S/C13H21N5/c1-12(4-9-18-8-3-5-16-18)14-6-10-17-11-7-15-13(17)2/h3,5,7-8,11-12,14H,4,6,9-10H2,1-2H3/t12-/m0/s1. The predicted molar refractivity (Wildman–Crippen MR) is 71.3 cm³/mol. The number of rotatable bonds is 7. The molecule has 98 valence electrons. The fourth-order valence-corrected chi connectivity index (χ4v) is 1.93. The van der Waals surface area contributed by atoms with Gasteiger partial charge in [-0.05, 0) is 26.3 Å². The van der Waals surface area contributed by atoms with Crippen molar-refractivity contribution >= 4 is 0 Å². The zero-order valence-electron chi connectivity index (χ0n) is 11.1. The van der Waals surface area contributed by atoms with Gasteiger partial charge >= 0.3 is 0 Å². The van der Waals surface area contributed by atoms with Crippen LogP contribution in [0.25, 0.3) is 0 Å². The monoisotopic (exact) mass is 247 g/mol. The van der Waals surface area contributed by atoms with Crippen LogP contribution in [0, 0.1) is 6.92 Å². The first-order chi connectivity index (χ1) is 8.75. The van der Waals surface area contributed by atoms with Crippen molar-refractivity contribution < 1.29 is 0 Å². The van der Waals surface area contributed by atoms with Crippen molar-refractivity contribution in [1.29, 1.82) is 0 Å². The number of hydrogen-bond acceptors (Lipinski definition) is 3. The Morgan fingerprint density at radius 1 is 1.28 bits per heavy atom. The molecule has 5 heteroatoms. The molecule has 2 aromatic rings. The first kappa shape index (κ1) is 12.8. The highest BCUT2D eigenvalue weighted by molar-refractivity contribution is 4.88. The van der Waals surface area contributed by atoms with E-state index in [2.05, 4.69) is 26.9 Å². The summed E-state index contributed by atoms with van der Waals surface area (Å²) in [6.45, 7) is 7.14. The van der Waals surface area contributed by atoms with E-state index in [1.165, 1.54) is 0 Å². The van der Waals surface area contributed by atoms with Crippen molar-refractivity contribution in [3.05, 3.63) is 36.7 Å². The molecule has 0 aliphatic rings. The van der Waals surface area contributed by atoms with Crippen LogP contribution >= 0.6 is 0 Å². The molecule has 0 aromatic carbocycles. The number of aryl methyl sites for hydroxylation is 2. The third-order valence-electron chi connectivity index (χ3n) is 3.12. The number of nitrogens with zero attached hydrogens (tertiary/aromatic N) is 4. The van der Waals surface area contributed by atoms with E-state index in [1.54, 1.807) is 0 Å². The second kappa shape index (κ2) is 6.35. The Balaban J connectivity index is 1.63. The Labute approximate surface area is 108 Å². The number of aromatic nitrogens is 4. The van der Waals surface area contributed by atoms with Crippen molar-refractivity contribution in [2.75, 3.05) is 6.54 Å². The zero-order chi connectivity index (χ0) is 12.8. The average molecular weight is 247 g/mol. The third-order valence-corrected chi connectivity index (χ3v) is 3.12. The first-order valence-corrected chi connectivity index (χ1v) is 6.44. The Kier molecular flexibility index (Phi) is 4.52. The van der Waals surface area contributed by atoms with E-state index in [1.807, 2.05) is 42.5 Å². The summed E-state index contributed by atoms with van der Waals surface area (Å²) in [6.07, 6.45) is 8.77. The zero-order valence-corrected chi connectivity index (χ0v) is 11.1. The van der Waals surface area contributed by atoms with Crippen LogP contribution in [-0.4, -0.2) is 31.9 Å². The van der Waals surface area contributed by atoms with Gasteiger partial charge in [-0.1, -0.05) is 0 Å². The Bertz CT molecular complexity index is 446. The molecule has 0 fully saturated rings. The molecule has 0 bridgehead atoms. The van der Waals surface area contributed by atoms with E-state index >= 15 is 0 Å². The minimum absolute atomic E-state index is 0.498. The van der Waals surface area contributed by atoms with Gasteiger partial charge in [-0.15, -0.1) is 0 Å². The lowest BCUT2D eigenvalue weighted by molar-refractivity contribution is 0.446. The lowest BCUT2D eigenvalue weighted by Gasteiger charge is -2.14. The summed E-state index contributed by atoms with van der Waals surface area (Å²) in [5.41, 5.74) is 0. The molecule has 2 aromatic heterocycles. The van der Waals surface area contributed by atoms with Gasteiger partial charge in [-0.3, -0.25) is 4.68 Å². The topological polar surface area (TPSA) is 47.7 Å². The molecule has 5 nitrogen and oxygen atoms in total. The second-order valence-corrected chi connectivity index (χ2v) is 4.58. The molecule has 0 radical (unpaired) electrons. The van der Waals surface area contributed by atoms with Crippen LogP contribution < -0.4 is 5.32 Å². The molecule has 0 aliphatic heterocycles. The highest BCUT2D eigenvalue weighted by Gasteiger charge is 2.02. The number of imidazole rings is 1. The smallest absolute Gasteiger partial charge is 0.105 e. The Hall–Kier alpha value is -1.62. The van der Waals surface area contributed by atoms with Crippen LogP contribution in [0.1, 0.15) is 19.2 Å². The molecule has 2 heterocycles. The van der Waals surface area contributed by atoms with E-state index < -0.39 is 0 Å². The van der Waals surface area contributed by atoms with Gasteiger partial charge in [-0.2, -0.15) is 5.10 Å². The minimum Gasteiger partial charge on any atom is -0.334 e. The molecule has 0 amide bonds. The van der Waals surface area contributed by atoms with Gasteiger partial charge in [0.1, 0.15) is 5.82 Å².